The van der Waals surface area contributed by atoms with Crippen molar-refractivity contribution in [3.05, 3.63) is 53.6 Å². The highest BCUT2D eigenvalue weighted by Crippen LogP contribution is 2.30. The van der Waals surface area contributed by atoms with Gasteiger partial charge in [-0.3, -0.25) is 4.90 Å². The molecule has 4 heteroatoms. The molecule has 0 atom stereocenters. The number of ether oxygens (including phenoxy) is 2. The first-order valence-corrected chi connectivity index (χ1v) is 8.94. The van der Waals surface area contributed by atoms with Gasteiger partial charge in [0.05, 0.1) is 19.9 Å². The zero-order valence-electron chi connectivity index (χ0n) is 15.4. The van der Waals surface area contributed by atoms with Crippen LogP contribution in [0.4, 0.5) is 5.69 Å². The van der Waals surface area contributed by atoms with Gasteiger partial charge in [0.15, 0.2) is 0 Å². The van der Waals surface area contributed by atoms with E-state index in [1.807, 2.05) is 18.2 Å². The molecule has 0 saturated carbocycles. The first kappa shape index (κ1) is 17.6. The van der Waals surface area contributed by atoms with Gasteiger partial charge in [0.25, 0.3) is 0 Å². The van der Waals surface area contributed by atoms with E-state index in [4.69, 9.17) is 9.47 Å². The smallest absolute Gasteiger partial charge is 0.142 e. The lowest BCUT2D eigenvalue weighted by molar-refractivity contribution is 0.211. The second kappa shape index (κ2) is 8.26. The number of anilines is 1. The summed E-state index contributed by atoms with van der Waals surface area (Å²) in [6.07, 6.45) is 2.26. The minimum Gasteiger partial charge on any atom is -0.497 e. The third kappa shape index (κ3) is 4.67. The van der Waals surface area contributed by atoms with Crippen LogP contribution in [-0.2, 0) is 6.54 Å². The Labute approximate surface area is 150 Å². The van der Waals surface area contributed by atoms with Gasteiger partial charge in [-0.2, -0.15) is 0 Å². The molecule has 2 aromatic carbocycles. The van der Waals surface area contributed by atoms with Crippen molar-refractivity contribution in [2.45, 2.75) is 32.4 Å². The molecular formula is C21H28N2O2. The molecule has 0 aromatic heterocycles. The number of piperidine rings is 1. The van der Waals surface area contributed by atoms with E-state index in [0.29, 0.717) is 6.04 Å². The number of hydrogen-bond donors (Lipinski definition) is 1. The van der Waals surface area contributed by atoms with Gasteiger partial charge < -0.3 is 14.8 Å². The highest BCUT2D eigenvalue weighted by molar-refractivity contribution is 5.60. The van der Waals surface area contributed by atoms with Gasteiger partial charge in [0.1, 0.15) is 11.5 Å². The van der Waals surface area contributed by atoms with Crippen molar-refractivity contribution in [2.75, 3.05) is 32.6 Å². The Morgan fingerprint density at radius 3 is 2.36 bits per heavy atom. The van der Waals surface area contributed by atoms with E-state index in [9.17, 15) is 0 Å². The molecule has 1 fully saturated rings. The summed E-state index contributed by atoms with van der Waals surface area (Å²) in [5.41, 5.74) is 3.73. The molecule has 1 aliphatic rings. The molecule has 1 N–H and O–H groups in total. The molecule has 134 valence electrons. The fourth-order valence-corrected chi connectivity index (χ4v) is 3.33. The maximum absolute atomic E-state index is 5.47. The Morgan fingerprint density at radius 1 is 1.00 bits per heavy atom. The van der Waals surface area contributed by atoms with Crippen molar-refractivity contribution in [3.63, 3.8) is 0 Å². The normalized spacial score (nSPS) is 15.8. The molecule has 0 radical (unpaired) electrons. The highest BCUT2D eigenvalue weighted by Gasteiger charge is 2.20. The van der Waals surface area contributed by atoms with Gasteiger partial charge >= 0.3 is 0 Å². The molecule has 3 rings (SSSR count). The van der Waals surface area contributed by atoms with Crippen molar-refractivity contribution in [2.24, 2.45) is 0 Å². The van der Waals surface area contributed by atoms with Crippen LogP contribution in [0.5, 0.6) is 11.5 Å². The third-order valence-electron chi connectivity index (χ3n) is 4.88. The lowest BCUT2D eigenvalue weighted by Crippen LogP contribution is -2.38. The summed E-state index contributed by atoms with van der Waals surface area (Å²) in [5, 5.41) is 3.64. The number of aryl methyl sites for hydroxylation is 1. The number of nitrogens with one attached hydrogen (secondary N) is 1. The Hall–Kier alpha value is -2.20. The minimum atomic E-state index is 0.468. The van der Waals surface area contributed by atoms with Crippen LogP contribution in [0.3, 0.4) is 0 Å². The topological polar surface area (TPSA) is 33.7 Å². The molecule has 0 bridgehead atoms. The van der Waals surface area contributed by atoms with Gasteiger partial charge in [-0.1, -0.05) is 29.8 Å². The van der Waals surface area contributed by atoms with Crippen molar-refractivity contribution in [3.8, 4) is 11.5 Å². The highest BCUT2D eigenvalue weighted by atomic mass is 16.5. The number of rotatable bonds is 6. The number of methoxy groups -OCH3 is 2. The van der Waals surface area contributed by atoms with Gasteiger partial charge in [-0.05, 0) is 37.5 Å². The Bertz CT molecular complexity index is 677. The van der Waals surface area contributed by atoms with Crippen molar-refractivity contribution >= 4 is 5.69 Å². The molecule has 1 aliphatic heterocycles. The summed E-state index contributed by atoms with van der Waals surface area (Å²) in [7, 11) is 3.40. The lowest BCUT2D eigenvalue weighted by Gasteiger charge is -2.33. The van der Waals surface area contributed by atoms with Gasteiger partial charge in [0.2, 0.25) is 0 Å². The molecule has 0 amide bonds. The van der Waals surface area contributed by atoms with Crippen molar-refractivity contribution in [1.29, 1.82) is 0 Å². The minimum absolute atomic E-state index is 0.468. The van der Waals surface area contributed by atoms with Crippen LogP contribution in [0.25, 0.3) is 0 Å². The molecule has 0 spiro atoms. The summed E-state index contributed by atoms with van der Waals surface area (Å²) in [6, 6.07) is 15.2. The SMILES string of the molecule is COc1ccc(OC)c(NC2CCN(Cc3ccc(C)cc3)CC2)c1. The molecule has 2 aromatic rings. The largest absolute Gasteiger partial charge is 0.497 e. The van der Waals surface area contributed by atoms with Crippen LogP contribution in [-0.4, -0.2) is 38.3 Å². The van der Waals surface area contributed by atoms with E-state index < -0.39 is 0 Å². The maximum Gasteiger partial charge on any atom is 0.142 e. The van der Waals surface area contributed by atoms with Crippen LogP contribution < -0.4 is 14.8 Å². The van der Waals surface area contributed by atoms with E-state index in [0.717, 1.165) is 49.7 Å². The zero-order chi connectivity index (χ0) is 17.6. The second-order valence-corrected chi connectivity index (χ2v) is 6.75. The van der Waals surface area contributed by atoms with Crippen molar-refractivity contribution < 1.29 is 9.47 Å². The van der Waals surface area contributed by atoms with E-state index in [-0.39, 0.29) is 0 Å². The quantitative estimate of drug-likeness (QED) is 0.859. The number of benzene rings is 2. The predicted octanol–water partition coefficient (Wildman–Crippen LogP) is 4.09. The van der Waals surface area contributed by atoms with E-state index in [2.05, 4.69) is 41.4 Å². The fraction of sp³-hybridized carbons (Fsp3) is 0.429. The van der Waals surface area contributed by atoms with E-state index in [1.54, 1.807) is 14.2 Å². The van der Waals surface area contributed by atoms with Crippen molar-refractivity contribution in [1.82, 2.24) is 4.90 Å². The lowest BCUT2D eigenvalue weighted by atomic mass is 10.0. The summed E-state index contributed by atoms with van der Waals surface area (Å²) < 4.78 is 10.8. The third-order valence-corrected chi connectivity index (χ3v) is 4.88. The van der Waals surface area contributed by atoms with Crippen LogP contribution in [0.2, 0.25) is 0 Å². The number of nitrogens with zero attached hydrogens (tertiary/aromatic N) is 1. The van der Waals surface area contributed by atoms with Crippen LogP contribution in [0, 0.1) is 6.92 Å². The molecular weight excluding hydrogens is 312 g/mol. The van der Waals surface area contributed by atoms with Crippen LogP contribution in [0.15, 0.2) is 42.5 Å². The van der Waals surface area contributed by atoms with Gasteiger partial charge in [-0.15, -0.1) is 0 Å². The average molecular weight is 340 g/mol. The van der Waals surface area contributed by atoms with Crippen LogP contribution in [0.1, 0.15) is 24.0 Å². The maximum atomic E-state index is 5.47. The molecule has 1 saturated heterocycles. The predicted molar refractivity (Wildman–Crippen MR) is 103 cm³/mol. The Balaban J connectivity index is 1.55. The number of likely N-dealkylation sites (tertiary alicyclic amines) is 1. The van der Waals surface area contributed by atoms with Crippen LogP contribution >= 0.6 is 0 Å². The van der Waals surface area contributed by atoms with Gasteiger partial charge in [0, 0.05) is 31.7 Å². The number of hydrogen-bond acceptors (Lipinski definition) is 4. The molecule has 1 heterocycles. The first-order chi connectivity index (χ1) is 12.2. The summed E-state index contributed by atoms with van der Waals surface area (Å²) in [5.74, 6) is 1.71. The monoisotopic (exact) mass is 340 g/mol. The second-order valence-electron chi connectivity index (χ2n) is 6.75. The summed E-state index contributed by atoms with van der Waals surface area (Å²) in [6.45, 7) is 5.39. The summed E-state index contributed by atoms with van der Waals surface area (Å²) in [4.78, 5) is 2.53. The zero-order valence-corrected chi connectivity index (χ0v) is 15.4. The molecule has 0 unspecified atom stereocenters. The Kier molecular flexibility index (Phi) is 5.82. The molecule has 0 aliphatic carbocycles. The standard InChI is InChI=1S/C21H28N2O2/c1-16-4-6-17(7-5-16)15-23-12-10-18(11-13-23)22-20-14-19(24-2)8-9-21(20)25-3/h4-9,14,18,22H,10-13,15H2,1-3H3. The Morgan fingerprint density at radius 2 is 1.72 bits per heavy atom. The molecule has 25 heavy (non-hydrogen) atoms. The average Bonchev–Trinajstić information content (AvgIpc) is 2.65. The summed E-state index contributed by atoms with van der Waals surface area (Å²) >= 11 is 0. The van der Waals surface area contributed by atoms with E-state index >= 15 is 0 Å². The van der Waals surface area contributed by atoms with Gasteiger partial charge in [-0.25, -0.2) is 0 Å². The van der Waals surface area contributed by atoms with E-state index in [1.165, 1.54) is 11.1 Å². The first-order valence-electron chi connectivity index (χ1n) is 8.94. The fourth-order valence-electron chi connectivity index (χ4n) is 3.33. The molecule has 4 nitrogen and oxygen atoms in total.